The summed E-state index contributed by atoms with van der Waals surface area (Å²) in [7, 11) is 0. The summed E-state index contributed by atoms with van der Waals surface area (Å²) in [4.78, 5) is 31.9. The number of amides is 2. The van der Waals surface area contributed by atoms with Gasteiger partial charge >= 0.3 is 6.09 Å². The van der Waals surface area contributed by atoms with E-state index >= 15 is 0 Å². The maximum atomic E-state index is 13.3. The van der Waals surface area contributed by atoms with E-state index in [-0.39, 0.29) is 47.2 Å². The quantitative estimate of drug-likeness (QED) is 0.389. The minimum Gasteiger partial charge on any atom is -0.505 e. The number of rotatable bonds is 5. The third-order valence-corrected chi connectivity index (χ3v) is 6.27. The summed E-state index contributed by atoms with van der Waals surface area (Å²) in [5, 5.41) is 22.7. The first kappa shape index (κ1) is 23.4. The molecule has 186 valence electrons. The van der Waals surface area contributed by atoms with Crippen molar-refractivity contribution in [3.8, 4) is 17.4 Å². The molecule has 36 heavy (non-hydrogen) atoms. The SMILES string of the molecule is NC(=O)CN1CCN(C(=O)Oc2c3cccnc3c(O)c3c(O)n(Cc4ccc(F)cc4)cc23)CC1. The lowest BCUT2D eigenvalue weighted by molar-refractivity contribution is -0.119. The minimum absolute atomic E-state index is 0.0948. The Balaban J connectivity index is 1.51. The minimum atomic E-state index is -0.600. The number of nitrogens with two attached hydrogens (primary N) is 1. The number of benzene rings is 2. The van der Waals surface area contributed by atoms with Crippen molar-refractivity contribution in [2.24, 2.45) is 5.73 Å². The number of carbonyl (C=O) groups is 2. The monoisotopic (exact) mass is 493 g/mol. The summed E-state index contributed by atoms with van der Waals surface area (Å²) in [6.45, 7) is 1.96. The van der Waals surface area contributed by atoms with Crippen molar-refractivity contribution in [2.75, 3.05) is 32.7 Å². The maximum Gasteiger partial charge on any atom is 0.415 e. The summed E-state index contributed by atoms with van der Waals surface area (Å²) in [6.07, 6.45) is 2.47. The topological polar surface area (TPSA) is 134 Å². The van der Waals surface area contributed by atoms with Gasteiger partial charge < -0.3 is 30.2 Å². The van der Waals surface area contributed by atoms with Gasteiger partial charge in [0.2, 0.25) is 11.8 Å². The molecule has 4 N–H and O–H groups in total. The molecule has 4 aromatic rings. The predicted octanol–water partition coefficient (Wildman–Crippen LogP) is 2.39. The summed E-state index contributed by atoms with van der Waals surface area (Å²) in [6, 6.07) is 9.15. The number of halogens is 1. The first-order chi connectivity index (χ1) is 17.3. The second kappa shape index (κ2) is 9.34. The van der Waals surface area contributed by atoms with Crippen LogP contribution in [-0.4, -0.2) is 74.3 Å². The normalized spacial score (nSPS) is 14.4. The molecule has 1 aliphatic heterocycles. The van der Waals surface area contributed by atoms with Crippen molar-refractivity contribution >= 4 is 33.7 Å². The average molecular weight is 493 g/mol. The lowest BCUT2D eigenvalue weighted by atomic mass is 10.1. The van der Waals surface area contributed by atoms with Gasteiger partial charge in [-0.15, -0.1) is 0 Å². The van der Waals surface area contributed by atoms with Crippen LogP contribution in [0.4, 0.5) is 9.18 Å². The van der Waals surface area contributed by atoms with E-state index in [4.69, 9.17) is 10.5 Å². The Morgan fingerprint density at radius 3 is 2.47 bits per heavy atom. The lowest BCUT2D eigenvalue weighted by Gasteiger charge is -2.33. The molecular formula is C25H24FN5O5. The molecule has 10 nitrogen and oxygen atoms in total. The summed E-state index contributed by atoms with van der Waals surface area (Å²) in [5.74, 6) is -1.13. The van der Waals surface area contributed by atoms with Crippen molar-refractivity contribution < 1.29 is 28.9 Å². The molecule has 0 saturated carbocycles. The van der Waals surface area contributed by atoms with Crippen LogP contribution >= 0.6 is 0 Å². The fraction of sp³-hybridized carbons (Fsp3) is 0.240. The zero-order valence-electron chi connectivity index (χ0n) is 19.2. The first-order valence-corrected chi connectivity index (χ1v) is 11.3. The van der Waals surface area contributed by atoms with Crippen molar-refractivity contribution in [1.82, 2.24) is 19.4 Å². The second-order valence-electron chi connectivity index (χ2n) is 8.67. The molecule has 0 unspecified atom stereocenters. The van der Waals surface area contributed by atoms with Crippen LogP contribution in [-0.2, 0) is 11.3 Å². The number of phenolic OH excluding ortho intramolecular Hbond substituents is 1. The van der Waals surface area contributed by atoms with E-state index in [9.17, 15) is 24.2 Å². The van der Waals surface area contributed by atoms with Gasteiger partial charge in [0, 0.05) is 44.0 Å². The number of primary amides is 1. The Morgan fingerprint density at radius 1 is 1.06 bits per heavy atom. The first-order valence-electron chi connectivity index (χ1n) is 11.3. The van der Waals surface area contributed by atoms with Gasteiger partial charge in [0.25, 0.3) is 0 Å². The molecule has 0 radical (unpaired) electrons. The van der Waals surface area contributed by atoms with Crippen LogP contribution in [0.5, 0.6) is 17.4 Å². The number of piperazine rings is 1. The zero-order chi connectivity index (χ0) is 25.4. The lowest BCUT2D eigenvalue weighted by Crippen LogP contribution is -2.51. The highest BCUT2D eigenvalue weighted by molar-refractivity contribution is 6.12. The number of hydrogen-bond donors (Lipinski definition) is 3. The third kappa shape index (κ3) is 4.36. The number of nitrogens with zero attached hydrogens (tertiary/aromatic N) is 4. The molecule has 0 atom stereocenters. The molecule has 2 amide bonds. The van der Waals surface area contributed by atoms with Crippen molar-refractivity contribution in [3.05, 3.63) is 60.2 Å². The molecule has 1 aliphatic rings. The van der Waals surface area contributed by atoms with E-state index in [0.717, 1.165) is 5.56 Å². The van der Waals surface area contributed by atoms with Crippen molar-refractivity contribution in [2.45, 2.75) is 6.54 Å². The molecule has 5 rings (SSSR count). The van der Waals surface area contributed by atoms with Crippen LogP contribution in [0.25, 0.3) is 21.7 Å². The van der Waals surface area contributed by atoms with E-state index in [0.29, 0.717) is 37.0 Å². The zero-order valence-corrected chi connectivity index (χ0v) is 19.2. The van der Waals surface area contributed by atoms with E-state index < -0.39 is 12.0 Å². The molecule has 11 heteroatoms. The molecule has 3 heterocycles. The van der Waals surface area contributed by atoms with E-state index in [2.05, 4.69) is 4.98 Å². The summed E-state index contributed by atoms with van der Waals surface area (Å²) in [5.41, 5.74) is 6.15. The number of ether oxygens (including phenoxy) is 1. The Hall–Kier alpha value is -4.38. The van der Waals surface area contributed by atoms with Gasteiger partial charge in [0.15, 0.2) is 11.5 Å². The largest absolute Gasteiger partial charge is 0.505 e. The molecule has 0 bridgehead atoms. The molecule has 2 aromatic carbocycles. The number of fused-ring (bicyclic) bond motifs is 2. The molecule has 1 fully saturated rings. The smallest absolute Gasteiger partial charge is 0.415 e. The molecule has 0 spiro atoms. The second-order valence-corrected chi connectivity index (χ2v) is 8.67. The van der Waals surface area contributed by atoms with Crippen molar-refractivity contribution in [3.63, 3.8) is 0 Å². The van der Waals surface area contributed by atoms with Gasteiger partial charge in [-0.25, -0.2) is 9.18 Å². The fourth-order valence-electron chi connectivity index (χ4n) is 4.47. The van der Waals surface area contributed by atoms with Gasteiger partial charge in [-0.3, -0.25) is 14.7 Å². The van der Waals surface area contributed by atoms with Crippen LogP contribution < -0.4 is 10.5 Å². The van der Waals surface area contributed by atoms with E-state index in [1.165, 1.54) is 27.8 Å². The third-order valence-electron chi connectivity index (χ3n) is 6.27. The van der Waals surface area contributed by atoms with Gasteiger partial charge in [-0.05, 0) is 29.8 Å². The molecule has 0 aliphatic carbocycles. The predicted molar refractivity (Wildman–Crippen MR) is 129 cm³/mol. The number of hydrogen-bond acceptors (Lipinski definition) is 7. The molecule has 2 aromatic heterocycles. The standard InChI is InChI=1S/C25H24FN5O5/c26-16-5-3-15(4-6-16)12-31-13-18-20(24(31)34)22(33)21-17(2-1-7-28-21)23(18)36-25(35)30-10-8-29(9-11-30)14-19(27)32/h1-7,13,33-34H,8-12,14H2,(H2,27,32). The number of aromatic hydroxyl groups is 2. The summed E-state index contributed by atoms with van der Waals surface area (Å²) < 4.78 is 20.6. The number of aromatic nitrogens is 2. The Bertz CT molecular complexity index is 1460. The average Bonchev–Trinajstić information content (AvgIpc) is 3.19. The highest BCUT2D eigenvalue weighted by Crippen LogP contribution is 2.46. The van der Waals surface area contributed by atoms with Gasteiger partial charge in [-0.2, -0.15) is 0 Å². The van der Waals surface area contributed by atoms with Crippen LogP contribution in [0.3, 0.4) is 0 Å². The number of phenols is 1. The van der Waals surface area contributed by atoms with Gasteiger partial charge in [-0.1, -0.05) is 12.1 Å². The van der Waals surface area contributed by atoms with Crippen LogP contribution in [0.1, 0.15) is 5.56 Å². The van der Waals surface area contributed by atoms with Gasteiger partial charge in [0.05, 0.1) is 23.9 Å². The molecule has 1 saturated heterocycles. The van der Waals surface area contributed by atoms with Crippen molar-refractivity contribution in [1.29, 1.82) is 0 Å². The highest BCUT2D eigenvalue weighted by atomic mass is 19.1. The molecular weight excluding hydrogens is 469 g/mol. The number of carbonyl (C=O) groups excluding carboxylic acids is 2. The van der Waals surface area contributed by atoms with Crippen LogP contribution in [0, 0.1) is 5.82 Å². The maximum absolute atomic E-state index is 13.3. The Morgan fingerprint density at radius 2 is 1.78 bits per heavy atom. The van der Waals surface area contributed by atoms with Gasteiger partial charge in [0.1, 0.15) is 11.3 Å². The van der Waals surface area contributed by atoms with Crippen LogP contribution in [0.15, 0.2) is 48.8 Å². The van der Waals surface area contributed by atoms with E-state index in [1.807, 2.05) is 4.90 Å². The fourth-order valence-corrected chi connectivity index (χ4v) is 4.47. The van der Waals surface area contributed by atoms with E-state index in [1.54, 1.807) is 30.5 Å². The Labute approximate surface area is 204 Å². The highest BCUT2D eigenvalue weighted by Gasteiger charge is 2.27. The number of pyridine rings is 1. The Kier molecular flexibility index (Phi) is 6.06. The summed E-state index contributed by atoms with van der Waals surface area (Å²) >= 11 is 0. The van der Waals surface area contributed by atoms with Crippen LogP contribution in [0.2, 0.25) is 0 Å².